The average molecular weight is 867 g/mol. The first-order valence-electron chi connectivity index (χ1n) is 22.6. The Balaban J connectivity index is 1.13. The maximum atomic E-state index is 15.2. The minimum atomic E-state index is -4.11. The molecule has 3 heterocycles. The predicted octanol–water partition coefficient (Wildman–Crippen LogP) is 4.62. The maximum absolute atomic E-state index is 15.2. The average Bonchev–Trinajstić information content (AvgIpc) is 3.54. The number of carbonyl (C=O) groups is 5. The summed E-state index contributed by atoms with van der Waals surface area (Å²) in [5.41, 5.74) is -2.94. The molecule has 6 aliphatic rings. The first-order valence-corrected chi connectivity index (χ1v) is 24.0. The lowest BCUT2D eigenvalue weighted by Gasteiger charge is -2.40. The van der Waals surface area contributed by atoms with Gasteiger partial charge < -0.3 is 20.9 Å². The SMILES string of the molecule is C=C[C@@H]1C[C@]1(NC(=O)[C@@H]1C[C@@]2(CN1C(=O)[C@@H](NC(=O)CC1(NC(=O)c3cc(C)nn3C(C)(C)C)CCCCC1)C(C)(C)C)C(C)(C)C21CCC1)C(=O)NS(=O)(=O)N1CCCC1. The van der Waals surface area contributed by atoms with Crippen molar-refractivity contribution >= 4 is 39.7 Å². The molecule has 0 unspecified atom stereocenters. The number of aryl methyl sites for hydroxylation is 1. The summed E-state index contributed by atoms with van der Waals surface area (Å²) in [5, 5.41) is 13.9. The van der Waals surface area contributed by atoms with Gasteiger partial charge in [-0.05, 0) is 101 Å². The van der Waals surface area contributed by atoms with Gasteiger partial charge in [0, 0.05) is 42.9 Å². The highest BCUT2D eigenvalue weighted by Gasteiger charge is 2.85. The van der Waals surface area contributed by atoms with Gasteiger partial charge in [0.1, 0.15) is 23.3 Å². The van der Waals surface area contributed by atoms with E-state index in [4.69, 9.17) is 0 Å². The van der Waals surface area contributed by atoms with Gasteiger partial charge in [-0.2, -0.15) is 17.8 Å². The highest BCUT2D eigenvalue weighted by Crippen LogP contribution is 2.88. The fourth-order valence-corrected chi connectivity index (χ4v) is 13.3. The Morgan fingerprint density at radius 3 is 2.07 bits per heavy atom. The number of aromatic nitrogens is 2. The van der Waals surface area contributed by atoms with Crippen molar-refractivity contribution in [2.75, 3.05) is 19.6 Å². The van der Waals surface area contributed by atoms with E-state index in [1.54, 1.807) is 21.7 Å². The predicted molar refractivity (Wildman–Crippen MR) is 231 cm³/mol. The van der Waals surface area contributed by atoms with E-state index in [-0.39, 0.29) is 46.8 Å². The second-order valence-electron chi connectivity index (χ2n) is 22.0. The quantitative estimate of drug-likeness (QED) is 0.219. The van der Waals surface area contributed by atoms with Crippen molar-refractivity contribution in [3.8, 4) is 0 Å². The molecular formula is C45H70N8O7S. The van der Waals surface area contributed by atoms with Crippen molar-refractivity contribution in [2.45, 2.75) is 174 Å². The number of rotatable bonds is 12. The minimum absolute atomic E-state index is 0.0217. The van der Waals surface area contributed by atoms with Gasteiger partial charge in [0.25, 0.3) is 11.8 Å². The Morgan fingerprint density at radius 2 is 1.54 bits per heavy atom. The van der Waals surface area contributed by atoms with Gasteiger partial charge in [-0.3, -0.25) is 28.7 Å². The number of hydrogen-bond donors (Lipinski definition) is 4. The number of fused-ring (bicyclic) bond motifs is 1. The summed E-state index contributed by atoms with van der Waals surface area (Å²) in [6, 6.07) is -0.212. The smallest absolute Gasteiger partial charge is 0.303 e. The van der Waals surface area contributed by atoms with Gasteiger partial charge in [-0.1, -0.05) is 66.4 Å². The van der Waals surface area contributed by atoms with E-state index in [9.17, 15) is 27.6 Å². The zero-order chi connectivity index (χ0) is 44.8. The molecule has 5 atom stereocenters. The molecule has 7 rings (SSSR count). The van der Waals surface area contributed by atoms with Gasteiger partial charge >= 0.3 is 10.2 Å². The van der Waals surface area contributed by atoms with Crippen LogP contribution in [0.5, 0.6) is 0 Å². The molecule has 0 bridgehead atoms. The summed E-state index contributed by atoms with van der Waals surface area (Å²) in [7, 11) is -4.11. The minimum Gasteiger partial charge on any atom is -0.345 e. The molecular weight excluding hydrogens is 797 g/mol. The van der Waals surface area contributed by atoms with Crippen LogP contribution in [0.2, 0.25) is 0 Å². The summed E-state index contributed by atoms with van der Waals surface area (Å²) in [5.74, 6) is -2.87. The van der Waals surface area contributed by atoms with Gasteiger partial charge in [0.2, 0.25) is 17.7 Å². The number of amides is 5. The van der Waals surface area contributed by atoms with Gasteiger partial charge in [0.05, 0.1) is 11.2 Å². The van der Waals surface area contributed by atoms with Crippen LogP contribution in [0.1, 0.15) is 155 Å². The first-order chi connectivity index (χ1) is 28.3. The molecule has 61 heavy (non-hydrogen) atoms. The third-order valence-corrected chi connectivity index (χ3v) is 17.4. The first kappa shape index (κ1) is 45.2. The topological polar surface area (TPSA) is 192 Å². The van der Waals surface area contributed by atoms with E-state index in [0.29, 0.717) is 57.4 Å². The van der Waals surface area contributed by atoms with Crippen LogP contribution in [0.25, 0.3) is 0 Å². The van der Waals surface area contributed by atoms with Crippen molar-refractivity contribution in [3.05, 3.63) is 30.1 Å². The Bertz CT molecular complexity index is 2080. The second-order valence-corrected chi connectivity index (χ2v) is 23.6. The van der Waals surface area contributed by atoms with E-state index in [0.717, 1.165) is 44.2 Å². The van der Waals surface area contributed by atoms with Crippen LogP contribution in [0.15, 0.2) is 18.7 Å². The molecule has 338 valence electrons. The van der Waals surface area contributed by atoms with Gasteiger partial charge in [0.15, 0.2) is 0 Å². The Hall–Kier alpha value is -3.79. The molecule has 5 amide bonds. The van der Waals surface area contributed by atoms with Crippen molar-refractivity contribution in [1.82, 2.24) is 39.7 Å². The Morgan fingerprint density at radius 1 is 0.902 bits per heavy atom. The van der Waals surface area contributed by atoms with Crippen molar-refractivity contribution < 1.29 is 32.4 Å². The van der Waals surface area contributed by atoms with Crippen LogP contribution < -0.4 is 20.7 Å². The maximum Gasteiger partial charge on any atom is 0.303 e. The molecule has 0 radical (unpaired) electrons. The van der Waals surface area contributed by atoms with Crippen molar-refractivity contribution in [1.29, 1.82) is 0 Å². The Labute approximate surface area is 362 Å². The van der Waals surface area contributed by atoms with Crippen LogP contribution in [-0.2, 0) is 34.9 Å². The van der Waals surface area contributed by atoms with Crippen LogP contribution in [0.4, 0.5) is 0 Å². The lowest BCUT2D eigenvalue weighted by atomic mass is 9.73. The van der Waals surface area contributed by atoms with E-state index in [2.05, 4.69) is 46.2 Å². The highest BCUT2D eigenvalue weighted by atomic mass is 32.2. The summed E-state index contributed by atoms with van der Waals surface area (Å²) >= 11 is 0. The molecule has 4 aliphatic carbocycles. The van der Waals surface area contributed by atoms with Gasteiger partial charge in [-0.15, -0.1) is 6.58 Å². The molecule has 2 spiro atoms. The van der Waals surface area contributed by atoms with E-state index >= 15 is 4.79 Å². The second kappa shape index (κ2) is 15.2. The molecule has 2 aliphatic heterocycles. The molecule has 4 N–H and O–H groups in total. The normalized spacial score (nSPS) is 29.4. The molecule has 1 aromatic rings. The summed E-state index contributed by atoms with van der Waals surface area (Å²) in [6.07, 6.45) is 10.5. The number of nitrogens with zero attached hydrogens (tertiary/aromatic N) is 4. The standard InChI is InChI=1S/C45H70N8O7S/c1-11-30-25-45(30,38(58)50-61(59,60)51-22-15-16-23-51)48-36(56)32-26-44(41(9,10)43(44)20-17-21-43)28-52(32)37(57)34(39(3,4)5)46-33(54)27-42(18-13-12-14-19-42)47-35(55)31-24-29(2)49-53(31)40(6,7)8/h11,24,30,32,34H,1,12-23,25-28H2,2-10H3,(H,46,54)(H,47,55)(H,48,56)(H,50,58)/t30-,32+,34-,44-,45-/m1/s1. The molecule has 0 aromatic carbocycles. The molecule has 6 fully saturated rings. The fourth-order valence-electron chi connectivity index (χ4n) is 12.0. The van der Waals surface area contributed by atoms with Crippen LogP contribution in [-0.4, -0.2) is 99.7 Å². The monoisotopic (exact) mass is 867 g/mol. The Kier molecular flexibility index (Phi) is 11.3. The third-order valence-electron chi connectivity index (χ3n) is 15.9. The van der Waals surface area contributed by atoms with E-state index in [1.807, 2.05) is 48.5 Å². The van der Waals surface area contributed by atoms with Crippen LogP contribution in [0, 0.1) is 34.5 Å². The molecule has 1 aromatic heterocycles. The fraction of sp³-hybridized carbons (Fsp3) is 0.778. The van der Waals surface area contributed by atoms with Crippen LogP contribution >= 0.6 is 0 Å². The lowest BCUT2D eigenvalue weighted by Crippen LogP contribution is -2.61. The van der Waals surface area contributed by atoms with Crippen molar-refractivity contribution in [2.24, 2.45) is 27.6 Å². The van der Waals surface area contributed by atoms with Crippen molar-refractivity contribution in [3.63, 3.8) is 0 Å². The molecule has 16 heteroatoms. The highest BCUT2D eigenvalue weighted by molar-refractivity contribution is 7.87. The largest absolute Gasteiger partial charge is 0.345 e. The number of nitrogens with one attached hydrogen (secondary N) is 4. The van der Waals surface area contributed by atoms with Gasteiger partial charge in [-0.25, -0.2) is 4.72 Å². The van der Waals surface area contributed by atoms with Crippen LogP contribution in [0.3, 0.4) is 0 Å². The zero-order valence-corrected chi connectivity index (χ0v) is 38.8. The van der Waals surface area contributed by atoms with E-state index in [1.165, 1.54) is 4.31 Å². The number of carbonyl (C=O) groups excluding carboxylic acids is 5. The number of hydrogen-bond acceptors (Lipinski definition) is 8. The summed E-state index contributed by atoms with van der Waals surface area (Å²) in [4.78, 5) is 73.8. The molecule has 15 nitrogen and oxygen atoms in total. The van der Waals surface area contributed by atoms with E-state index < -0.39 is 62.1 Å². The lowest BCUT2D eigenvalue weighted by molar-refractivity contribution is -0.144. The third kappa shape index (κ3) is 7.62. The summed E-state index contributed by atoms with van der Waals surface area (Å²) in [6.45, 7) is 22.7. The summed E-state index contributed by atoms with van der Waals surface area (Å²) < 4.78 is 31.6. The molecule has 4 saturated carbocycles. The molecule has 2 saturated heterocycles. The zero-order valence-electron chi connectivity index (χ0n) is 38.0. The number of likely N-dealkylation sites (tertiary alicyclic amines) is 1.